The van der Waals surface area contributed by atoms with Gasteiger partial charge in [-0.05, 0) is 47.3 Å². The SMILES string of the molecule is COC1(C(=O)c2ccc(Br)c(Cl)c2F)CCC1. The van der Waals surface area contributed by atoms with Crippen molar-refractivity contribution in [3.8, 4) is 0 Å². The zero-order valence-electron chi connectivity index (χ0n) is 9.23. The van der Waals surface area contributed by atoms with Gasteiger partial charge in [0, 0.05) is 11.6 Å². The van der Waals surface area contributed by atoms with Gasteiger partial charge < -0.3 is 4.74 Å². The topological polar surface area (TPSA) is 26.3 Å². The van der Waals surface area contributed by atoms with Gasteiger partial charge in [0.25, 0.3) is 0 Å². The van der Waals surface area contributed by atoms with E-state index in [1.165, 1.54) is 13.2 Å². The molecule has 0 spiro atoms. The number of halogens is 3. The van der Waals surface area contributed by atoms with E-state index < -0.39 is 11.4 Å². The Kier molecular flexibility index (Phi) is 3.57. The molecule has 1 fully saturated rings. The number of benzene rings is 1. The van der Waals surface area contributed by atoms with Crippen molar-refractivity contribution in [2.45, 2.75) is 24.9 Å². The van der Waals surface area contributed by atoms with Gasteiger partial charge in [0.2, 0.25) is 0 Å². The van der Waals surface area contributed by atoms with Crippen LogP contribution in [0.4, 0.5) is 4.39 Å². The van der Waals surface area contributed by atoms with E-state index in [0.29, 0.717) is 17.3 Å². The monoisotopic (exact) mass is 320 g/mol. The fourth-order valence-corrected chi connectivity index (χ4v) is 2.44. The van der Waals surface area contributed by atoms with Gasteiger partial charge in [-0.1, -0.05) is 11.6 Å². The van der Waals surface area contributed by atoms with Crippen molar-refractivity contribution in [2.75, 3.05) is 7.11 Å². The molecule has 0 bridgehead atoms. The predicted molar refractivity (Wildman–Crippen MR) is 67.0 cm³/mol. The first-order valence-electron chi connectivity index (χ1n) is 5.25. The summed E-state index contributed by atoms with van der Waals surface area (Å²) in [6.45, 7) is 0. The van der Waals surface area contributed by atoms with Crippen molar-refractivity contribution < 1.29 is 13.9 Å². The summed E-state index contributed by atoms with van der Waals surface area (Å²) in [6.07, 6.45) is 2.19. The van der Waals surface area contributed by atoms with E-state index in [0.717, 1.165) is 6.42 Å². The number of methoxy groups -OCH3 is 1. The normalized spacial score (nSPS) is 17.6. The molecular weight excluding hydrogens is 310 g/mol. The van der Waals surface area contributed by atoms with Crippen LogP contribution in [0.5, 0.6) is 0 Å². The molecule has 0 heterocycles. The summed E-state index contributed by atoms with van der Waals surface area (Å²) in [5, 5.41) is -0.0681. The Balaban J connectivity index is 2.41. The Bertz CT molecular complexity index is 466. The van der Waals surface area contributed by atoms with E-state index in [1.54, 1.807) is 6.07 Å². The highest BCUT2D eigenvalue weighted by molar-refractivity contribution is 9.10. The molecule has 1 aliphatic rings. The van der Waals surface area contributed by atoms with Crippen LogP contribution in [0.1, 0.15) is 29.6 Å². The molecule has 0 radical (unpaired) electrons. The molecule has 5 heteroatoms. The van der Waals surface area contributed by atoms with E-state index >= 15 is 0 Å². The summed E-state index contributed by atoms with van der Waals surface area (Å²) in [6, 6.07) is 3.01. The van der Waals surface area contributed by atoms with Gasteiger partial charge in [-0.25, -0.2) is 4.39 Å². The van der Waals surface area contributed by atoms with Gasteiger partial charge in [-0.3, -0.25) is 4.79 Å². The molecule has 2 nitrogen and oxygen atoms in total. The molecule has 1 aromatic carbocycles. The number of carbonyl (C=O) groups excluding carboxylic acids is 1. The molecule has 0 unspecified atom stereocenters. The molecule has 0 atom stereocenters. The highest BCUT2D eigenvalue weighted by Crippen LogP contribution is 2.39. The van der Waals surface area contributed by atoms with Crippen LogP contribution in [-0.2, 0) is 4.74 Å². The average molecular weight is 322 g/mol. The zero-order chi connectivity index (χ0) is 12.6. The van der Waals surface area contributed by atoms with Gasteiger partial charge in [-0.2, -0.15) is 0 Å². The number of ketones is 1. The van der Waals surface area contributed by atoms with E-state index in [2.05, 4.69) is 15.9 Å². The molecule has 1 aromatic rings. The Hall–Kier alpha value is -0.450. The lowest BCUT2D eigenvalue weighted by molar-refractivity contribution is -0.0450. The van der Waals surface area contributed by atoms with Crippen molar-refractivity contribution in [1.82, 2.24) is 0 Å². The number of rotatable bonds is 3. The van der Waals surface area contributed by atoms with Crippen LogP contribution in [-0.4, -0.2) is 18.5 Å². The lowest BCUT2D eigenvalue weighted by Gasteiger charge is -2.38. The third-order valence-corrected chi connectivity index (χ3v) is 4.50. The third-order valence-electron chi connectivity index (χ3n) is 3.25. The van der Waals surface area contributed by atoms with Crippen LogP contribution >= 0.6 is 27.5 Å². The fourth-order valence-electron chi connectivity index (χ4n) is 1.97. The van der Waals surface area contributed by atoms with Gasteiger partial charge in [0.05, 0.1) is 10.6 Å². The van der Waals surface area contributed by atoms with E-state index in [4.69, 9.17) is 16.3 Å². The minimum atomic E-state index is -0.849. The number of carbonyl (C=O) groups is 1. The Morgan fingerprint density at radius 3 is 2.65 bits per heavy atom. The van der Waals surface area contributed by atoms with Crippen LogP contribution in [0.15, 0.2) is 16.6 Å². The standard InChI is InChI=1S/C12H11BrClFO2/c1-17-12(5-2-6-12)11(16)7-3-4-8(13)9(14)10(7)15/h3-4H,2,5-6H2,1H3. The second-order valence-corrected chi connectivity index (χ2v) is 5.34. The third kappa shape index (κ3) is 2.02. The van der Waals surface area contributed by atoms with Crippen molar-refractivity contribution in [3.63, 3.8) is 0 Å². The summed E-state index contributed by atoms with van der Waals surface area (Å²) < 4.78 is 19.6. The molecule has 92 valence electrons. The van der Waals surface area contributed by atoms with Crippen LogP contribution in [0.2, 0.25) is 5.02 Å². The molecule has 1 aliphatic carbocycles. The molecule has 2 rings (SSSR count). The molecule has 1 saturated carbocycles. The quantitative estimate of drug-likeness (QED) is 0.621. The summed E-state index contributed by atoms with van der Waals surface area (Å²) >= 11 is 8.88. The van der Waals surface area contributed by atoms with Gasteiger partial charge in [0.1, 0.15) is 5.60 Å². The highest BCUT2D eigenvalue weighted by Gasteiger charge is 2.45. The summed E-state index contributed by atoms with van der Waals surface area (Å²) in [5.41, 5.74) is -0.849. The van der Waals surface area contributed by atoms with E-state index in [1.807, 2.05) is 0 Å². The first-order chi connectivity index (χ1) is 8.02. The van der Waals surface area contributed by atoms with Crippen molar-refractivity contribution in [2.24, 2.45) is 0 Å². The van der Waals surface area contributed by atoms with Crippen LogP contribution < -0.4 is 0 Å². The molecule has 0 saturated heterocycles. The van der Waals surface area contributed by atoms with Crippen LogP contribution in [0, 0.1) is 5.82 Å². The lowest BCUT2D eigenvalue weighted by Crippen LogP contribution is -2.47. The maximum absolute atomic E-state index is 13.9. The number of hydrogen-bond acceptors (Lipinski definition) is 2. The van der Waals surface area contributed by atoms with Gasteiger partial charge in [0.15, 0.2) is 11.6 Å². The van der Waals surface area contributed by atoms with Crippen molar-refractivity contribution >= 4 is 33.3 Å². The van der Waals surface area contributed by atoms with Crippen molar-refractivity contribution in [3.05, 3.63) is 33.0 Å². The Labute approximate surface area is 112 Å². The second kappa shape index (κ2) is 4.67. The van der Waals surface area contributed by atoms with Crippen LogP contribution in [0.25, 0.3) is 0 Å². The lowest BCUT2D eigenvalue weighted by atomic mass is 9.74. The summed E-state index contributed by atoms with van der Waals surface area (Å²) in [5.74, 6) is -1.01. The van der Waals surface area contributed by atoms with E-state index in [9.17, 15) is 9.18 Å². The maximum atomic E-state index is 13.9. The Morgan fingerprint density at radius 1 is 1.53 bits per heavy atom. The number of hydrogen-bond donors (Lipinski definition) is 0. The smallest absolute Gasteiger partial charge is 0.197 e. The fraction of sp³-hybridized carbons (Fsp3) is 0.417. The number of ether oxygens (including phenoxy) is 1. The maximum Gasteiger partial charge on any atom is 0.197 e. The minimum Gasteiger partial charge on any atom is -0.370 e. The first kappa shape index (κ1) is 13.0. The molecule has 17 heavy (non-hydrogen) atoms. The number of Topliss-reactive ketones (excluding diaryl/α,β-unsaturated/α-hetero) is 1. The molecule has 0 aliphatic heterocycles. The van der Waals surface area contributed by atoms with Crippen LogP contribution in [0.3, 0.4) is 0 Å². The summed E-state index contributed by atoms with van der Waals surface area (Å²) in [4.78, 5) is 12.2. The largest absolute Gasteiger partial charge is 0.370 e. The molecule has 0 amide bonds. The zero-order valence-corrected chi connectivity index (χ0v) is 11.6. The van der Waals surface area contributed by atoms with Crippen molar-refractivity contribution in [1.29, 1.82) is 0 Å². The second-order valence-electron chi connectivity index (χ2n) is 4.10. The first-order valence-corrected chi connectivity index (χ1v) is 6.42. The molecular formula is C12H11BrClFO2. The van der Waals surface area contributed by atoms with E-state index in [-0.39, 0.29) is 16.4 Å². The average Bonchev–Trinajstić information content (AvgIpc) is 2.25. The molecule has 0 aromatic heterocycles. The Morgan fingerprint density at radius 2 is 2.18 bits per heavy atom. The van der Waals surface area contributed by atoms with Gasteiger partial charge >= 0.3 is 0 Å². The summed E-state index contributed by atoms with van der Waals surface area (Å²) in [7, 11) is 1.48. The predicted octanol–water partition coefficient (Wildman–Crippen LogP) is 3.99. The molecule has 0 N–H and O–H groups in total. The van der Waals surface area contributed by atoms with Gasteiger partial charge in [-0.15, -0.1) is 0 Å². The highest BCUT2D eigenvalue weighted by atomic mass is 79.9. The minimum absolute atomic E-state index is 0.000231.